The third-order valence-electron chi connectivity index (χ3n) is 4.10. The third kappa shape index (κ3) is 6.95. The SMILES string of the molecule is CCCCC1CCC(C(=O)OCCNCCC)CC1. The highest BCUT2D eigenvalue weighted by Gasteiger charge is 2.26. The van der Waals surface area contributed by atoms with E-state index in [9.17, 15) is 4.79 Å². The molecule has 19 heavy (non-hydrogen) atoms. The van der Waals surface area contributed by atoms with E-state index in [0.717, 1.165) is 38.3 Å². The minimum Gasteiger partial charge on any atom is -0.464 e. The number of esters is 1. The van der Waals surface area contributed by atoms with Crippen LogP contribution in [0.15, 0.2) is 0 Å². The van der Waals surface area contributed by atoms with Crippen LogP contribution in [0.2, 0.25) is 0 Å². The number of carbonyl (C=O) groups excluding carboxylic acids is 1. The molecule has 0 aromatic rings. The molecule has 0 aromatic heterocycles. The lowest BCUT2D eigenvalue weighted by Crippen LogP contribution is -2.27. The van der Waals surface area contributed by atoms with E-state index in [2.05, 4.69) is 19.2 Å². The summed E-state index contributed by atoms with van der Waals surface area (Å²) in [6.45, 7) is 6.69. The summed E-state index contributed by atoms with van der Waals surface area (Å²) in [6.07, 6.45) is 9.59. The molecule has 0 heterocycles. The molecule has 1 rings (SSSR count). The van der Waals surface area contributed by atoms with Gasteiger partial charge in [0.25, 0.3) is 0 Å². The van der Waals surface area contributed by atoms with Gasteiger partial charge in [-0.15, -0.1) is 0 Å². The molecule has 1 aliphatic carbocycles. The van der Waals surface area contributed by atoms with Crippen LogP contribution in [0.4, 0.5) is 0 Å². The molecule has 3 nitrogen and oxygen atoms in total. The van der Waals surface area contributed by atoms with Gasteiger partial charge in [-0.1, -0.05) is 33.1 Å². The summed E-state index contributed by atoms with van der Waals surface area (Å²) in [4.78, 5) is 11.9. The molecule has 1 aliphatic rings. The number of rotatable bonds is 9. The standard InChI is InChI=1S/C16H31NO2/c1-3-5-6-14-7-9-15(10-8-14)16(18)19-13-12-17-11-4-2/h14-15,17H,3-13H2,1-2H3. The van der Waals surface area contributed by atoms with Gasteiger partial charge in [0.15, 0.2) is 0 Å². The van der Waals surface area contributed by atoms with Gasteiger partial charge in [-0.3, -0.25) is 4.79 Å². The maximum atomic E-state index is 11.9. The Morgan fingerprint density at radius 2 is 1.84 bits per heavy atom. The summed E-state index contributed by atoms with van der Waals surface area (Å²) in [5, 5.41) is 3.25. The number of nitrogens with one attached hydrogen (secondary N) is 1. The van der Waals surface area contributed by atoms with Crippen molar-refractivity contribution in [3.63, 3.8) is 0 Å². The maximum Gasteiger partial charge on any atom is 0.308 e. The van der Waals surface area contributed by atoms with Crippen LogP contribution in [0.3, 0.4) is 0 Å². The lowest BCUT2D eigenvalue weighted by atomic mass is 9.80. The van der Waals surface area contributed by atoms with Crippen LogP contribution >= 0.6 is 0 Å². The van der Waals surface area contributed by atoms with Gasteiger partial charge in [0.1, 0.15) is 6.61 Å². The zero-order valence-corrected chi connectivity index (χ0v) is 12.7. The van der Waals surface area contributed by atoms with Crippen LogP contribution in [0.5, 0.6) is 0 Å². The summed E-state index contributed by atoms with van der Waals surface area (Å²) in [7, 11) is 0. The number of ether oxygens (including phenoxy) is 1. The van der Waals surface area contributed by atoms with Gasteiger partial charge in [0, 0.05) is 6.54 Å². The number of hydrogen-bond acceptors (Lipinski definition) is 3. The van der Waals surface area contributed by atoms with E-state index in [4.69, 9.17) is 4.74 Å². The van der Waals surface area contributed by atoms with E-state index >= 15 is 0 Å². The highest BCUT2D eigenvalue weighted by atomic mass is 16.5. The molecule has 0 unspecified atom stereocenters. The van der Waals surface area contributed by atoms with Crippen LogP contribution < -0.4 is 5.32 Å². The average Bonchev–Trinajstić information content (AvgIpc) is 2.45. The zero-order valence-electron chi connectivity index (χ0n) is 12.7. The molecule has 0 amide bonds. The van der Waals surface area contributed by atoms with Crippen molar-refractivity contribution in [3.8, 4) is 0 Å². The lowest BCUT2D eigenvalue weighted by Gasteiger charge is -2.27. The first kappa shape index (κ1) is 16.5. The minimum absolute atomic E-state index is 0.0345. The summed E-state index contributed by atoms with van der Waals surface area (Å²) < 4.78 is 5.34. The Labute approximate surface area is 118 Å². The second kappa shape index (κ2) is 10.2. The molecule has 3 heteroatoms. The Morgan fingerprint density at radius 1 is 1.11 bits per heavy atom. The van der Waals surface area contributed by atoms with Crippen molar-refractivity contribution in [2.45, 2.75) is 65.2 Å². The van der Waals surface area contributed by atoms with Crippen molar-refractivity contribution in [2.24, 2.45) is 11.8 Å². The average molecular weight is 269 g/mol. The Kier molecular flexibility index (Phi) is 8.89. The topological polar surface area (TPSA) is 38.3 Å². The van der Waals surface area contributed by atoms with Gasteiger partial charge in [0.05, 0.1) is 5.92 Å². The van der Waals surface area contributed by atoms with E-state index in [1.54, 1.807) is 0 Å². The zero-order chi connectivity index (χ0) is 13.9. The Bertz CT molecular complexity index is 235. The highest BCUT2D eigenvalue weighted by Crippen LogP contribution is 2.32. The molecule has 0 aromatic carbocycles. The second-order valence-corrected chi connectivity index (χ2v) is 5.78. The molecule has 0 spiro atoms. The Balaban J connectivity index is 2.07. The summed E-state index contributed by atoms with van der Waals surface area (Å²) >= 11 is 0. The molecule has 112 valence electrons. The Hall–Kier alpha value is -0.570. The smallest absolute Gasteiger partial charge is 0.308 e. The van der Waals surface area contributed by atoms with E-state index in [1.165, 1.54) is 32.1 Å². The van der Waals surface area contributed by atoms with Crippen LogP contribution in [0.25, 0.3) is 0 Å². The lowest BCUT2D eigenvalue weighted by molar-refractivity contribution is -0.149. The van der Waals surface area contributed by atoms with Crippen molar-refractivity contribution < 1.29 is 9.53 Å². The monoisotopic (exact) mass is 269 g/mol. The normalized spacial score (nSPS) is 23.3. The molecule has 1 saturated carbocycles. The summed E-state index contributed by atoms with van der Waals surface area (Å²) in [5.41, 5.74) is 0. The molecule has 0 radical (unpaired) electrons. The molecule has 0 aliphatic heterocycles. The third-order valence-corrected chi connectivity index (χ3v) is 4.10. The van der Waals surface area contributed by atoms with Gasteiger partial charge >= 0.3 is 5.97 Å². The molecule has 0 saturated heterocycles. The summed E-state index contributed by atoms with van der Waals surface area (Å²) in [5.74, 6) is 1.06. The number of hydrogen-bond donors (Lipinski definition) is 1. The fourth-order valence-corrected chi connectivity index (χ4v) is 2.82. The quantitative estimate of drug-likeness (QED) is 0.514. The van der Waals surface area contributed by atoms with Crippen molar-refractivity contribution in [1.82, 2.24) is 5.32 Å². The first-order chi connectivity index (χ1) is 9.27. The molecule has 0 bridgehead atoms. The molecule has 1 fully saturated rings. The van der Waals surface area contributed by atoms with Crippen molar-refractivity contribution >= 4 is 5.97 Å². The van der Waals surface area contributed by atoms with Crippen molar-refractivity contribution in [2.75, 3.05) is 19.7 Å². The summed E-state index contributed by atoms with van der Waals surface area (Å²) in [6, 6.07) is 0. The fourth-order valence-electron chi connectivity index (χ4n) is 2.82. The van der Waals surface area contributed by atoms with Crippen LogP contribution in [0.1, 0.15) is 65.2 Å². The minimum atomic E-state index is 0.0345. The van der Waals surface area contributed by atoms with Crippen LogP contribution in [0, 0.1) is 11.8 Å². The number of unbranched alkanes of at least 4 members (excludes halogenated alkanes) is 1. The van der Waals surface area contributed by atoms with Gasteiger partial charge in [-0.25, -0.2) is 0 Å². The van der Waals surface area contributed by atoms with E-state index in [1.807, 2.05) is 0 Å². The first-order valence-electron chi connectivity index (χ1n) is 8.15. The van der Waals surface area contributed by atoms with Gasteiger partial charge in [-0.2, -0.15) is 0 Å². The largest absolute Gasteiger partial charge is 0.464 e. The van der Waals surface area contributed by atoms with E-state index < -0.39 is 0 Å². The number of carbonyl (C=O) groups is 1. The van der Waals surface area contributed by atoms with E-state index in [-0.39, 0.29) is 11.9 Å². The van der Waals surface area contributed by atoms with E-state index in [0.29, 0.717) is 6.61 Å². The van der Waals surface area contributed by atoms with Crippen molar-refractivity contribution in [3.05, 3.63) is 0 Å². The maximum absolute atomic E-state index is 11.9. The van der Waals surface area contributed by atoms with Gasteiger partial charge < -0.3 is 10.1 Å². The highest BCUT2D eigenvalue weighted by molar-refractivity contribution is 5.72. The van der Waals surface area contributed by atoms with Crippen LogP contribution in [-0.2, 0) is 9.53 Å². The predicted octanol–water partition coefficient (Wildman–Crippen LogP) is 3.53. The predicted molar refractivity (Wildman–Crippen MR) is 79.1 cm³/mol. The Morgan fingerprint density at radius 3 is 2.47 bits per heavy atom. The fraction of sp³-hybridized carbons (Fsp3) is 0.938. The first-order valence-corrected chi connectivity index (χ1v) is 8.15. The van der Waals surface area contributed by atoms with Crippen LogP contribution in [-0.4, -0.2) is 25.7 Å². The van der Waals surface area contributed by atoms with Gasteiger partial charge in [-0.05, 0) is 44.6 Å². The van der Waals surface area contributed by atoms with Crippen molar-refractivity contribution in [1.29, 1.82) is 0 Å². The molecular formula is C16H31NO2. The molecule has 1 N–H and O–H groups in total. The molecule has 0 atom stereocenters. The molecular weight excluding hydrogens is 238 g/mol. The van der Waals surface area contributed by atoms with Gasteiger partial charge in [0.2, 0.25) is 0 Å². The second-order valence-electron chi connectivity index (χ2n) is 5.78.